The van der Waals surface area contributed by atoms with Crippen molar-refractivity contribution in [3.05, 3.63) is 65.3 Å². The maximum Gasteiger partial charge on any atom is 0.161 e. The SMILES string of the molecule is COc1ccc(C=CC2=CC(=O)CC(c3ccc(OC)c(OC)c3)C2)cc1OC. The van der Waals surface area contributed by atoms with Crippen LogP contribution in [0.1, 0.15) is 29.9 Å². The summed E-state index contributed by atoms with van der Waals surface area (Å²) in [5, 5.41) is 0. The molecule has 0 aliphatic heterocycles. The summed E-state index contributed by atoms with van der Waals surface area (Å²) in [6, 6.07) is 11.6. The number of carbonyl (C=O) groups excluding carboxylic acids is 1. The fraction of sp³-hybridized carbons (Fsp3) is 0.292. The summed E-state index contributed by atoms with van der Waals surface area (Å²) in [4.78, 5) is 12.3. The average molecular weight is 394 g/mol. The molecule has 1 aliphatic rings. The fourth-order valence-electron chi connectivity index (χ4n) is 3.54. The predicted octanol–water partition coefficient (Wildman–Crippen LogP) is 4.81. The van der Waals surface area contributed by atoms with Gasteiger partial charge in [0.05, 0.1) is 28.4 Å². The number of hydrogen-bond donors (Lipinski definition) is 0. The monoisotopic (exact) mass is 394 g/mol. The minimum absolute atomic E-state index is 0.109. The second-order valence-electron chi connectivity index (χ2n) is 6.85. The summed E-state index contributed by atoms with van der Waals surface area (Å²) in [6.07, 6.45) is 6.98. The van der Waals surface area contributed by atoms with Gasteiger partial charge in [0.1, 0.15) is 0 Å². The molecule has 2 aromatic carbocycles. The van der Waals surface area contributed by atoms with E-state index >= 15 is 0 Å². The molecular weight excluding hydrogens is 368 g/mol. The van der Waals surface area contributed by atoms with Gasteiger partial charge in [-0.1, -0.05) is 24.3 Å². The molecular formula is C24H26O5. The van der Waals surface area contributed by atoms with E-state index < -0.39 is 0 Å². The van der Waals surface area contributed by atoms with Crippen molar-refractivity contribution in [1.82, 2.24) is 0 Å². The highest BCUT2D eigenvalue weighted by atomic mass is 16.5. The number of hydrogen-bond acceptors (Lipinski definition) is 5. The van der Waals surface area contributed by atoms with Gasteiger partial charge in [0, 0.05) is 6.42 Å². The van der Waals surface area contributed by atoms with Gasteiger partial charge in [0.15, 0.2) is 28.8 Å². The van der Waals surface area contributed by atoms with Crippen molar-refractivity contribution in [2.45, 2.75) is 18.8 Å². The molecule has 1 unspecified atom stereocenters. The highest BCUT2D eigenvalue weighted by Crippen LogP contribution is 2.37. The van der Waals surface area contributed by atoms with Crippen LogP contribution in [-0.4, -0.2) is 34.2 Å². The predicted molar refractivity (Wildman–Crippen MR) is 113 cm³/mol. The Bertz CT molecular complexity index is 942. The maximum absolute atomic E-state index is 12.3. The van der Waals surface area contributed by atoms with Crippen LogP contribution < -0.4 is 18.9 Å². The Balaban J connectivity index is 1.79. The molecule has 2 aromatic rings. The Kier molecular flexibility index (Phi) is 6.60. The summed E-state index contributed by atoms with van der Waals surface area (Å²) in [5.74, 6) is 2.95. The van der Waals surface area contributed by atoms with Gasteiger partial charge in [-0.2, -0.15) is 0 Å². The molecule has 0 N–H and O–H groups in total. The van der Waals surface area contributed by atoms with Crippen molar-refractivity contribution >= 4 is 11.9 Å². The number of benzene rings is 2. The van der Waals surface area contributed by atoms with Gasteiger partial charge in [-0.3, -0.25) is 4.79 Å². The molecule has 0 amide bonds. The largest absolute Gasteiger partial charge is 0.493 e. The second kappa shape index (κ2) is 9.32. The lowest BCUT2D eigenvalue weighted by Gasteiger charge is -2.22. The molecule has 3 rings (SSSR count). The van der Waals surface area contributed by atoms with E-state index in [0.717, 1.165) is 23.1 Å². The topological polar surface area (TPSA) is 54.0 Å². The van der Waals surface area contributed by atoms with Gasteiger partial charge in [0.2, 0.25) is 0 Å². The average Bonchev–Trinajstić information content (AvgIpc) is 2.76. The standard InChI is InChI=1S/C24H26O5/c1-26-21-9-7-16(13-23(21)28-3)5-6-17-11-19(14-20(25)12-17)18-8-10-22(27-2)24(15-18)29-4/h5-10,12-13,15,19H,11,14H2,1-4H3. The summed E-state index contributed by atoms with van der Waals surface area (Å²) in [5.41, 5.74) is 3.04. The Morgan fingerprint density at radius 1 is 0.759 bits per heavy atom. The Labute approximate surface area is 171 Å². The van der Waals surface area contributed by atoms with E-state index in [1.807, 2.05) is 48.6 Å². The van der Waals surface area contributed by atoms with Crippen molar-refractivity contribution in [2.24, 2.45) is 0 Å². The van der Waals surface area contributed by atoms with Crippen LogP contribution in [0.4, 0.5) is 0 Å². The normalized spacial score (nSPS) is 16.5. The van der Waals surface area contributed by atoms with Crippen molar-refractivity contribution in [2.75, 3.05) is 28.4 Å². The summed E-state index contributed by atoms with van der Waals surface area (Å²) in [7, 11) is 6.45. The molecule has 5 nitrogen and oxygen atoms in total. The molecule has 0 radical (unpaired) electrons. The molecule has 5 heteroatoms. The van der Waals surface area contributed by atoms with E-state index in [1.165, 1.54) is 0 Å². The van der Waals surface area contributed by atoms with Crippen LogP contribution in [0.5, 0.6) is 23.0 Å². The summed E-state index contributed by atoms with van der Waals surface area (Å²) >= 11 is 0. The van der Waals surface area contributed by atoms with Crippen molar-refractivity contribution in [3.8, 4) is 23.0 Å². The summed E-state index contributed by atoms with van der Waals surface area (Å²) in [6.45, 7) is 0. The lowest BCUT2D eigenvalue weighted by molar-refractivity contribution is -0.115. The number of methoxy groups -OCH3 is 4. The van der Waals surface area contributed by atoms with Crippen LogP contribution >= 0.6 is 0 Å². The molecule has 0 saturated carbocycles. The van der Waals surface area contributed by atoms with E-state index in [9.17, 15) is 4.79 Å². The lowest BCUT2D eigenvalue weighted by Crippen LogP contribution is -2.12. The van der Waals surface area contributed by atoms with Gasteiger partial charge < -0.3 is 18.9 Å². The molecule has 0 aromatic heterocycles. The molecule has 0 spiro atoms. The molecule has 29 heavy (non-hydrogen) atoms. The zero-order chi connectivity index (χ0) is 20.8. The van der Waals surface area contributed by atoms with E-state index in [4.69, 9.17) is 18.9 Å². The molecule has 0 bridgehead atoms. The smallest absolute Gasteiger partial charge is 0.161 e. The van der Waals surface area contributed by atoms with Crippen LogP contribution in [0.3, 0.4) is 0 Å². The van der Waals surface area contributed by atoms with Crippen LogP contribution in [-0.2, 0) is 4.79 Å². The number of ether oxygens (including phenoxy) is 4. The highest BCUT2D eigenvalue weighted by Gasteiger charge is 2.22. The fourth-order valence-corrected chi connectivity index (χ4v) is 3.54. The van der Waals surface area contributed by atoms with Gasteiger partial charge in [-0.15, -0.1) is 0 Å². The first kappa shape index (κ1) is 20.5. The van der Waals surface area contributed by atoms with Crippen molar-refractivity contribution < 1.29 is 23.7 Å². The van der Waals surface area contributed by atoms with E-state index in [0.29, 0.717) is 29.4 Å². The van der Waals surface area contributed by atoms with Gasteiger partial charge >= 0.3 is 0 Å². The van der Waals surface area contributed by atoms with Crippen LogP contribution in [0.25, 0.3) is 6.08 Å². The third-order valence-corrected chi connectivity index (χ3v) is 5.05. The third kappa shape index (κ3) is 4.80. The quantitative estimate of drug-likeness (QED) is 0.675. The minimum atomic E-state index is 0.109. The van der Waals surface area contributed by atoms with Crippen LogP contribution in [0, 0.1) is 0 Å². The Morgan fingerprint density at radius 2 is 1.38 bits per heavy atom. The number of allylic oxidation sites excluding steroid dienone is 3. The maximum atomic E-state index is 12.3. The molecule has 1 atom stereocenters. The van der Waals surface area contributed by atoms with Gasteiger partial charge in [-0.05, 0) is 59.4 Å². The highest BCUT2D eigenvalue weighted by molar-refractivity contribution is 5.92. The Morgan fingerprint density at radius 3 is 2.03 bits per heavy atom. The lowest BCUT2D eigenvalue weighted by atomic mass is 9.83. The zero-order valence-electron chi connectivity index (χ0n) is 17.2. The number of rotatable bonds is 7. The molecule has 0 saturated heterocycles. The van der Waals surface area contributed by atoms with Crippen LogP contribution in [0.15, 0.2) is 54.1 Å². The van der Waals surface area contributed by atoms with Gasteiger partial charge in [0.25, 0.3) is 0 Å². The summed E-state index contributed by atoms with van der Waals surface area (Å²) < 4.78 is 21.3. The van der Waals surface area contributed by atoms with Crippen molar-refractivity contribution in [1.29, 1.82) is 0 Å². The minimum Gasteiger partial charge on any atom is -0.493 e. The zero-order valence-corrected chi connectivity index (χ0v) is 17.2. The van der Waals surface area contributed by atoms with E-state index in [1.54, 1.807) is 34.5 Å². The van der Waals surface area contributed by atoms with E-state index in [2.05, 4.69) is 0 Å². The van der Waals surface area contributed by atoms with E-state index in [-0.39, 0.29) is 11.7 Å². The first-order valence-electron chi connectivity index (χ1n) is 9.43. The second-order valence-corrected chi connectivity index (χ2v) is 6.85. The first-order valence-corrected chi connectivity index (χ1v) is 9.43. The molecule has 0 fully saturated rings. The van der Waals surface area contributed by atoms with Gasteiger partial charge in [-0.25, -0.2) is 0 Å². The molecule has 0 heterocycles. The van der Waals surface area contributed by atoms with Crippen molar-refractivity contribution in [3.63, 3.8) is 0 Å². The number of ketones is 1. The van der Waals surface area contributed by atoms with Crippen LogP contribution in [0.2, 0.25) is 0 Å². The molecule has 1 aliphatic carbocycles. The Hall–Kier alpha value is -3.21. The first-order chi connectivity index (χ1) is 14.1. The number of carbonyl (C=O) groups is 1. The third-order valence-electron chi connectivity index (χ3n) is 5.05. The molecule has 152 valence electrons.